The number of nitrogens with one attached hydrogen (secondary N) is 2. The van der Waals surface area contributed by atoms with Gasteiger partial charge in [0.1, 0.15) is 0 Å². The second-order valence-corrected chi connectivity index (χ2v) is 5.65. The first kappa shape index (κ1) is 14.5. The van der Waals surface area contributed by atoms with Gasteiger partial charge >= 0.3 is 0 Å². The molecular weight excluding hydrogens is 226 g/mol. The van der Waals surface area contributed by atoms with Gasteiger partial charge in [0.25, 0.3) is 5.91 Å². The first-order valence-electron chi connectivity index (χ1n) is 6.26. The Bertz CT molecular complexity index is 410. The van der Waals surface area contributed by atoms with E-state index < -0.39 is 0 Å². The van der Waals surface area contributed by atoms with Gasteiger partial charge in [0.2, 0.25) is 0 Å². The molecule has 1 atom stereocenters. The molecule has 0 aliphatic carbocycles. The van der Waals surface area contributed by atoms with E-state index in [4.69, 9.17) is 0 Å². The maximum Gasteiger partial charge on any atom is 0.253 e. The molecule has 1 rings (SSSR count). The molecule has 0 aliphatic rings. The molecular formula is C14H23N3O. The fourth-order valence-electron chi connectivity index (χ4n) is 1.44. The number of pyridine rings is 1. The number of anilines is 1. The molecule has 1 amide bonds. The first-order chi connectivity index (χ1) is 8.36. The van der Waals surface area contributed by atoms with Gasteiger partial charge in [-0.15, -0.1) is 0 Å². The van der Waals surface area contributed by atoms with Crippen molar-refractivity contribution in [1.82, 2.24) is 10.3 Å². The van der Waals surface area contributed by atoms with E-state index in [0.29, 0.717) is 18.0 Å². The van der Waals surface area contributed by atoms with E-state index in [9.17, 15) is 4.79 Å². The van der Waals surface area contributed by atoms with Crippen LogP contribution in [-0.4, -0.2) is 24.5 Å². The highest BCUT2D eigenvalue weighted by atomic mass is 16.1. The van der Waals surface area contributed by atoms with Crippen LogP contribution in [0.5, 0.6) is 0 Å². The SMILES string of the molecule is CNc1cnccc1C(=O)NCC(C)C(C)(C)C. The molecule has 0 saturated heterocycles. The summed E-state index contributed by atoms with van der Waals surface area (Å²) >= 11 is 0. The Morgan fingerprint density at radius 3 is 2.67 bits per heavy atom. The monoisotopic (exact) mass is 249 g/mol. The van der Waals surface area contributed by atoms with Gasteiger partial charge in [-0.05, 0) is 17.4 Å². The zero-order valence-electron chi connectivity index (χ0n) is 11.9. The Morgan fingerprint density at radius 1 is 1.44 bits per heavy atom. The molecule has 0 fully saturated rings. The van der Waals surface area contributed by atoms with Gasteiger partial charge < -0.3 is 10.6 Å². The molecule has 1 aromatic rings. The summed E-state index contributed by atoms with van der Waals surface area (Å²) in [6, 6.07) is 1.73. The van der Waals surface area contributed by atoms with Crippen LogP contribution in [0, 0.1) is 11.3 Å². The summed E-state index contributed by atoms with van der Waals surface area (Å²) in [5, 5.41) is 5.94. The smallest absolute Gasteiger partial charge is 0.253 e. The fraction of sp³-hybridized carbons (Fsp3) is 0.571. The van der Waals surface area contributed by atoms with Crippen LogP contribution in [0.25, 0.3) is 0 Å². The number of carbonyl (C=O) groups excluding carboxylic acids is 1. The minimum absolute atomic E-state index is 0.0575. The Morgan fingerprint density at radius 2 is 2.11 bits per heavy atom. The predicted octanol–water partition coefficient (Wildman–Crippen LogP) is 2.54. The van der Waals surface area contributed by atoms with Crippen LogP contribution in [0.3, 0.4) is 0 Å². The normalized spacial score (nSPS) is 12.9. The van der Waals surface area contributed by atoms with Gasteiger partial charge in [-0.25, -0.2) is 0 Å². The van der Waals surface area contributed by atoms with Gasteiger partial charge in [0.15, 0.2) is 0 Å². The summed E-state index contributed by atoms with van der Waals surface area (Å²) in [6.07, 6.45) is 3.28. The van der Waals surface area contributed by atoms with Crippen LogP contribution >= 0.6 is 0 Å². The van der Waals surface area contributed by atoms with Gasteiger partial charge in [0, 0.05) is 19.8 Å². The van der Waals surface area contributed by atoms with E-state index in [1.165, 1.54) is 0 Å². The third-order valence-electron chi connectivity index (χ3n) is 3.38. The molecule has 0 aliphatic heterocycles. The van der Waals surface area contributed by atoms with Crippen LogP contribution in [0.15, 0.2) is 18.5 Å². The van der Waals surface area contributed by atoms with Crippen LogP contribution < -0.4 is 10.6 Å². The Kier molecular flexibility index (Phi) is 4.70. The number of nitrogens with zero attached hydrogens (tertiary/aromatic N) is 1. The number of amides is 1. The molecule has 1 unspecified atom stereocenters. The molecule has 2 N–H and O–H groups in total. The largest absolute Gasteiger partial charge is 0.386 e. The highest BCUT2D eigenvalue weighted by molar-refractivity contribution is 5.99. The quantitative estimate of drug-likeness (QED) is 0.862. The summed E-state index contributed by atoms with van der Waals surface area (Å²) in [5.41, 5.74) is 1.57. The number of rotatable bonds is 4. The standard InChI is InChI=1S/C14H23N3O/c1-10(14(2,3)4)8-17-13(18)11-6-7-16-9-12(11)15-5/h6-7,9-10,15H,8H2,1-5H3,(H,17,18). The van der Waals surface area contributed by atoms with E-state index in [-0.39, 0.29) is 11.3 Å². The Balaban J connectivity index is 2.66. The average Bonchev–Trinajstić information content (AvgIpc) is 2.34. The second kappa shape index (κ2) is 5.85. The van der Waals surface area contributed by atoms with Crippen LogP contribution in [0.1, 0.15) is 38.1 Å². The topological polar surface area (TPSA) is 54.0 Å². The second-order valence-electron chi connectivity index (χ2n) is 5.65. The van der Waals surface area contributed by atoms with Crippen molar-refractivity contribution in [3.63, 3.8) is 0 Å². The highest BCUT2D eigenvalue weighted by Crippen LogP contribution is 2.24. The molecule has 18 heavy (non-hydrogen) atoms. The minimum Gasteiger partial charge on any atom is -0.386 e. The summed E-state index contributed by atoms with van der Waals surface area (Å²) in [7, 11) is 1.78. The number of carbonyl (C=O) groups is 1. The zero-order chi connectivity index (χ0) is 13.8. The number of hydrogen-bond acceptors (Lipinski definition) is 3. The van der Waals surface area contributed by atoms with E-state index in [1.807, 2.05) is 0 Å². The molecule has 4 nitrogen and oxygen atoms in total. The van der Waals surface area contributed by atoms with Crippen molar-refractivity contribution in [3.05, 3.63) is 24.0 Å². The lowest BCUT2D eigenvalue weighted by molar-refractivity contribution is 0.0938. The van der Waals surface area contributed by atoms with E-state index in [2.05, 4.69) is 43.3 Å². The molecule has 1 heterocycles. The molecule has 100 valence electrons. The number of aromatic nitrogens is 1. The molecule has 0 bridgehead atoms. The lowest BCUT2D eigenvalue weighted by atomic mass is 9.82. The molecule has 1 aromatic heterocycles. The third-order valence-corrected chi connectivity index (χ3v) is 3.38. The first-order valence-corrected chi connectivity index (χ1v) is 6.26. The molecule has 0 aromatic carbocycles. The fourth-order valence-corrected chi connectivity index (χ4v) is 1.44. The van der Waals surface area contributed by atoms with Crippen molar-refractivity contribution in [1.29, 1.82) is 0 Å². The third kappa shape index (κ3) is 3.72. The van der Waals surface area contributed by atoms with Gasteiger partial charge in [-0.2, -0.15) is 0 Å². The minimum atomic E-state index is -0.0575. The molecule has 0 saturated carbocycles. The highest BCUT2D eigenvalue weighted by Gasteiger charge is 2.21. The van der Waals surface area contributed by atoms with E-state index >= 15 is 0 Å². The lowest BCUT2D eigenvalue weighted by Crippen LogP contribution is -2.34. The van der Waals surface area contributed by atoms with Crippen LogP contribution in [0.2, 0.25) is 0 Å². The summed E-state index contributed by atoms with van der Waals surface area (Å²) in [6.45, 7) is 9.35. The lowest BCUT2D eigenvalue weighted by Gasteiger charge is -2.27. The van der Waals surface area contributed by atoms with Crippen molar-refractivity contribution in [2.24, 2.45) is 11.3 Å². The van der Waals surface area contributed by atoms with Crippen molar-refractivity contribution in [3.8, 4) is 0 Å². The summed E-state index contributed by atoms with van der Waals surface area (Å²) < 4.78 is 0. The predicted molar refractivity (Wildman–Crippen MR) is 74.7 cm³/mol. The maximum atomic E-state index is 12.1. The van der Waals surface area contributed by atoms with Crippen molar-refractivity contribution in [2.75, 3.05) is 18.9 Å². The number of hydrogen-bond donors (Lipinski definition) is 2. The summed E-state index contributed by atoms with van der Waals surface area (Å²) in [4.78, 5) is 16.1. The van der Waals surface area contributed by atoms with Crippen molar-refractivity contribution in [2.45, 2.75) is 27.7 Å². The van der Waals surface area contributed by atoms with Gasteiger partial charge in [0.05, 0.1) is 17.4 Å². The average molecular weight is 249 g/mol. The van der Waals surface area contributed by atoms with Gasteiger partial charge in [-0.1, -0.05) is 27.7 Å². The van der Waals surface area contributed by atoms with Crippen LogP contribution in [0.4, 0.5) is 5.69 Å². The molecule has 0 radical (unpaired) electrons. The van der Waals surface area contributed by atoms with E-state index in [1.54, 1.807) is 25.5 Å². The zero-order valence-corrected chi connectivity index (χ0v) is 11.9. The van der Waals surface area contributed by atoms with Gasteiger partial charge in [-0.3, -0.25) is 9.78 Å². The Labute approximate surface area is 109 Å². The van der Waals surface area contributed by atoms with Crippen molar-refractivity contribution < 1.29 is 4.79 Å². The van der Waals surface area contributed by atoms with Crippen molar-refractivity contribution >= 4 is 11.6 Å². The van der Waals surface area contributed by atoms with Crippen LogP contribution in [-0.2, 0) is 0 Å². The molecule has 4 heteroatoms. The summed E-state index contributed by atoms with van der Waals surface area (Å²) in [5.74, 6) is 0.360. The maximum absolute atomic E-state index is 12.1. The molecule has 0 spiro atoms. The van der Waals surface area contributed by atoms with E-state index in [0.717, 1.165) is 5.69 Å². The Hall–Kier alpha value is -1.58.